The van der Waals surface area contributed by atoms with Gasteiger partial charge in [-0.25, -0.2) is 4.79 Å². The van der Waals surface area contributed by atoms with E-state index in [2.05, 4.69) is 6.92 Å². The van der Waals surface area contributed by atoms with Crippen LogP contribution < -0.4 is 0 Å². The summed E-state index contributed by atoms with van der Waals surface area (Å²) in [4.78, 5) is 10.9. The van der Waals surface area contributed by atoms with Crippen LogP contribution in [0.4, 0.5) is 0 Å². The Balaban J connectivity index is 3.67. The van der Waals surface area contributed by atoms with Crippen LogP contribution in [0.15, 0.2) is 11.8 Å². The standard InChI is InChI=1S/C10H18O3/c1-4-6-7-13-9(3)8-10(11)12-5-2/h8H,4-7H2,1-3H3/b9-8+. The Kier molecular flexibility index (Phi) is 7.07. The van der Waals surface area contributed by atoms with Crippen molar-refractivity contribution in [2.24, 2.45) is 0 Å². The SMILES string of the molecule is CCCCO/C(C)=C/C(=O)OCC. The van der Waals surface area contributed by atoms with E-state index in [1.54, 1.807) is 13.8 Å². The van der Waals surface area contributed by atoms with Gasteiger partial charge in [0.2, 0.25) is 0 Å². The highest BCUT2D eigenvalue weighted by atomic mass is 16.5. The fourth-order valence-electron chi connectivity index (χ4n) is 0.769. The highest BCUT2D eigenvalue weighted by Gasteiger charge is 1.97. The molecule has 0 saturated carbocycles. The molecule has 0 aromatic heterocycles. The second kappa shape index (κ2) is 7.65. The summed E-state index contributed by atoms with van der Waals surface area (Å²) >= 11 is 0. The molecule has 0 N–H and O–H groups in total. The lowest BCUT2D eigenvalue weighted by molar-refractivity contribution is -0.137. The van der Waals surface area contributed by atoms with Gasteiger partial charge in [-0.2, -0.15) is 0 Å². The van der Waals surface area contributed by atoms with Crippen LogP contribution in [-0.4, -0.2) is 19.2 Å². The third kappa shape index (κ3) is 7.37. The van der Waals surface area contributed by atoms with Crippen molar-refractivity contribution in [1.82, 2.24) is 0 Å². The topological polar surface area (TPSA) is 35.5 Å². The zero-order valence-corrected chi connectivity index (χ0v) is 8.63. The van der Waals surface area contributed by atoms with E-state index in [-0.39, 0.29) is 5.97 Å². The molecular formula is C10H18O3. The van der Waals surface area contributed by atoms with Gasteiger partial charge in [-0.3, -0.25) is 0 Å². The number of ether oxygens (including phenoxy) is 2. The van der Waals surface area contributed by atoms with Crippen LogP contribution in [0.1, 0.15) is 33.6 Å². The number of allylic oxidation sites excluding steroid dienone is 1. The first kappa shape index (κ1) is 12.0. The number of carbonyl (C=O) groups is 1. The highest BCUT2D eigenvalue weighted by Crippen LogP contribution is 1.98. The van der Waals surface area contributed by atoms with Gasteiger partial charge in [0, 0.05) is 0 Å². The maximum Gasteiger partial charge on any atom is 0.334 e. The van der Waals surface area contributed by atoms with E-state index in [4.69, 9.17) is 9.47 Å². The molecule has 0 atom stereocenters. The zero-order chi connectivity index (χ0) is 10.1. The van der Waals surface area contributed by atoms with Crippen molar-refractivity contribution in [3.63, 3.8) is 0 Å². The largest absolute Gasteiger partial charge is 0.498 e. The molecule has 0 fully saturated rings. The molecule has 0 saturated heterocycles. The van der Waals surface area contributed by atoms with E-state index in [0.717, 1.165) is 12.8 Å². The minimum absolute atomic E-state index is 0.337. The molecule has 76 valence electrons. The highest BCUT2D eigenvalue weighted by molar-refractivity contribution is 5.82. The lowest BCUT2D eigenvalue weighted by Crippen LogP contribution is -2.02. The van der Waals surface area contributed by atoms with E-state index >= 15 is 0 Å². The van der Waals surface area contributed by atoms with Crippen molar-refractivity contribution in [3.8, 4) is 0 Å². The van der Waals surface area contributed by atoms with Gasteiger partial charge >= 0.3 is 5.97 Å². The Bertz CT molecular complexity index is 173. The Morgan fingerprint density at radius 2 is 2.00 bits per heavy atom. The summed E-state index contributed by atoms with van der Waals surface area (Å²) in [6, 6.07) is 0. The first-order chi connectivity index (χ1) is 6.20. The summed E-state index contributed by atoms with van der Waals surface area (Å²) in [5, 5.41) is 0. The summed E-state index contributed by atoms with van der Waals surface area (Å²) < 4.78 is 9.98. The second-order valence-corrected chi connectivity index (χ2v) is 2.71. The van der Waals surface area contributed by atoms with Gasteiger partial charge in [-0.1, -0.05) is 13.3 Å². The third-order valence-corrected chi connectivity index (χ3v) is 1.44. The minimum Gasteiger partial charge on any atom is -0.498 e. The first-order valence-electron chi connectivity index (χ1n) is 4.68. The van der Waals surface area contributed by atoms with Crippen molar-refractivity contribution < 1.29 is 14.3 Å². The van der Waals surface area contributed by atoms with Gasteiger partial charge in [-0.15, -0.1) is 0 Å². The van der Waals surface area contributed by atoms with Crippen LogP contribution in [-0.2, 0) is 14.3 Å². The lowest BCUT2D eigenvalue weighted by atomic mass is 10.4. The Morgan fingerprint density at radius 3 is 2.54 bits per heavy atom. The third-order valence-electron chi connectivity index (χ3n) is 1.44. The zero-order valence-electron chi connectivity index (χ0n) is 8.63. The molecule has 0 bridgehead atoms. The molecule has 0 amide bonds. The van der Waals surface area contributed by atoms with Crippen molar-refractivity contribution in [1.29, 1.82) is 0 Å². The average molecular weight is 186 g/mol. The summed E-state index contributed by atoms with van der Waals surface area (Å²) in [6.45, 7) is 6.69. The number of rotatable bonds is 6. The van der Waals surface area contributed by atoms with Gasteiger partial charge in [0.15, 0.2) is 0 Å². The summed E-state index contributed by atoms with van der Waals surface area (Å²) in [7, 11) is 0. The van der Waals surface area contributed by atoms with Crippen LogP contribution >= 0.6 is 0 Å². The van der Waals surface area contributed by atoms with Crippen LogP contribution in [0.25, 0.3) is 0 Å². The monoisotopic (exact) mass is 186 g/mol. The first-order valence-corrected chi connectivity index (χ1v) is 4.68. The lowest BCUT2D eigenvalue weighted by Gasteiger charge is -2.04. The Morgan fingerprint density at radius 1 is 1.31 bits per heavy atom. The predicted octanol–water partition coefficient (Wildman–Crippen LogP) is 2.27. The quantitative estimate of drug-likeness (QED) is 0.276. The van der Waals surface area contributed by atoms with Crippen molar-refractivity contribution in [2.75, 3.05) is 13.2 Å². The van der Waals surface area contributed by atoms with Gasteiger partial charge in [0.25, 0.3) is 0 Å². The minimum atomic E-state index is -0.337. The molecule has 0 spiro atoms. The van der Waals surface area contributed by atoms with Gasteiger partial charge < -0.3 is 9.47 Å². The molecule has 13 heavy (non-hydrogen) atoms. The van der Waals surface area contributed by atoms with Crippen molar-refractivity contribution in [3.05, 3.63) is 11.8 Å². The summed E-state index contributed by atoms with van der Waals surface area (Å²) in [6.07, 6.45) is 3.47. The second-order valence-electron chi connectivity index (χ2n) is 2.71. The van der Waals surface area contributed by atoms with Gasteiger partial charge in [0.05, 0.1) is 19.3 Å². The molecular weight excluding hydrogens is 168 g/mol. The van der Waals surface area contributed by atoms with E-state index in [1.165, 1.54) is 6.08 Å². The normalized spacial score (nSPS) is 11.2. The van der Waals surface area contributed by atoms with E-state index < -0.39 is 0 Å². The van der Waals surface area contributed by atoms with Crippen molar-refractivity contribution >= 4 is 5.97 Å². The molecule has 0 aromatic carbocycles. The number of carbonyl (C=O) groups excluding carboxylic acids is 1. The van der Waals surface area contributed by atoms with Crippen LogP contribution in [0.3, 0.4) is 0 Å². The van der Waals surface area contributed by atoms with Gasteiger partial charge in [0.1, 0.15) is 5.76 Å². The number of hydrogen-bond acceptors (Lipinski definition) is 3. The Hall–Kier alpha value is -0.990. The summed E-state index contributed by atoms with van der Waals surface area (Å²) in [5.41, 5.74) is 0. The molecule has 0 aliphatic heterocycles. The Labute approximate surface area is 79.7 Å². The van der Waals surface area contributed by atoms with Crippen LogP contribution in [0.5, 0.6) is 0 Å². The molecule has 3 nitrogen and oxygen atoms in total. The van der Waals surface area contributed by atoms with E-state index in [1.807, 2.05) is 0 Å². The molecule has 3 heteroatoms. The van der Waals surface area contributed by atoms with Gasteiger partial charge in [-0.05, 0) is 20.3 Å². The maximum atomic E-state index is 10.9. The predicted molar refractivity (Wildman–Crippen MR) is 51.3 cm³/mol. The van der Waals surface area contributed by atoms with Crippen LogP contribution in [0, 0.1) is 0 Å². The van der Waals surface area contributed by atoms with E-state index in [0.29, 0.717) is 19.0 Å². The molecule has 0 radical (unpaired) electrons. The van der Waals surface area contributed by atoms with Crippen molar-refractivity contribution in [2.45, 2.75) is 33.6 Å². The maximum absolute atomic E-state index is 10.9. The molecule has 0 rings (SSSR count). The van der Waals surface area contributed by atoms with Crippen LogP contribution in [0.2, 0.25) is 0 Å². The number of hydrogen-bond donors (Lipinski definition) is 0. The molecule has 0 aromatic rings. The fraction of sp³-hybridized carbons (Fsp3) is 0.700. The molecule has 0 aliphatic rings. The number of unbranched alkanes of at least 4 members (excludes halogenated alkanes) is 1. The van der Waals surface area contributed by atoms with E-state index in [9.17, 15) is 4.79 Å². The molecule has 0 heterocycles. The molecule has 0 unspecified atom stereocenters. The number of esters is 1. The smallest absolute Gasteiger partial charge is 0.334 e. The fourth-order valence-corrected chi connectivity index (χ4v) is 0.769. The average Bonchev–Trinajstić information content (AvgIpc) is 2.05. The summed E-state index contributed by atoms with van der Waals surface area (Å²) in [5.74, 6) is 0.281. The molecule has 0 aliphatic carbocycles.